The molecule has 0 aromatic heterocycles. The van der Waals surface area contributed by atoms with Crippen molar-refractivity contribution in [2.75, 3.05) is 19.8 Å². The van der Waals surface area contributed by atoms with Crippen LogP contribution in [0.1, 0.15) is 34.1 Å². The quantitative estimate of drug-likeness (QED) is 0.750. The molecular weight excluding hydrogens is 212 g/mol. The average molecular weight is 236 g/mol. The summed E-state index contributed by atoms with van der Waals surface area (Å²) in [5.41, 5.74) is -0.338. The van der Waals surface area contributed by atoms with E-state index in [1.807, 2.05) is 13.8 Å². The SMILES string of the molecule is CC(C)NCCC(C)(C)N(C)S(C)(=O)=O. The molecule has 0 fully saturated rings. The minimum absolute atomic E-state index is 0.338. The highest BCUT2D eigenvalue weighted by Crippen LogP contribution is 2.19. The van der Waals surface area contributed by atoms with Crippen molar-refractivity contribution in [1.29, 1.82) is 0 Å². The van der Waals surface area contributed by atoms with E-state index < -0.39 is 10.0 Å². The van der Waals surface area contributed by atoms with Crippen LogP contribution in [0.25, 0.3) is 0 Å². The number of hydrogen-bond acceptors (Lipinski definition) is 3. The molecule has 15 heavy (non-hydrogen) atoms. The number of nitrogens with one attached hydrogen (secondary N) is 1. The Bertz CT molecular complexity index is 284. The molecule has 92 valence electrons. The maximum absolute atomic E-state index is 11.4. The second-order valence-corrected chi connectivity index (χ2v) is 6.92. The van der Waals surface area contributed by atoms with Gasteiger partial charge in [0.1, 0.15) is 0 Å². The first-order chi connectivity index (χ1) is 6.57. The van der Waals surface area contributed by atoms with E-state index in [2.05, 4.69) is 19.2 Å². The van der Waals surface area contributed by atoms with E-state index in [1.54, 1.807) is 7.05 Å². The average Bonchev–Trinajstić information content (AvgIpc) is 2.00. The summed E-state index contributed by atoms with van der Waals surface area (Å²) in [6, 6.07) is 0.435. The summed E-state index contributed by atoms with van der Waals surface area (Å²) in [5.74, 6) is 0. The van der Waals surface area contributed by atoms with Crippen LogP contribution >= 0.6 is 0 Å². The van der Waals surface area contributed by atoms with Crippen molar-refractivity contribution in [3.05, 3.63) is 0 Å². The standard InChI is InChI=1S/C10H24N2O2S/c1-9(2)11-8-7-10(3,4)12(5)15(6,13)14/h9,11H,7-8H2,1-6H3. The summed E-state index contributed by atoms with van der Waals surface area (Å²) in [5, 5.41) is 3.29. The van der Waals surface area contributed by atoms with Gasteiger partial charge in [-0.15, -0.1) is 0 Å². The lowest BCUT2D eigenvalue weighted by atomic mass is 10.0. The Morgan fingerprint density at radius 2 is 1.80 bits per heavy atom. The van der Waals surface area contributed by atoms with E-state index >= 15 is 0 Å². The Balaban J connectivity index is 4.30. The van der Waals surface area contributed by atoms with Crippen LogP contribution in [0.2, 0.25) is 0 Å². The summed E-state index contributed by atoms with van der Waals surface area (Å²) in [7, 11) is -1.48. The number of hydrogen-bond donors (Lipinski definition) is 1. The van der Waals surface area contributed by atoms with Gasteiger partial charge in [0.15, 0.2) is 0 Å². The summed E-state index contributed by atoms with van der Waals surface area (Å²) in [6.07, 6.45) is 2.04. The van der Waals surface area contributed by atoms with Gasteiger partial charge in [-0.3, -0.25) is 0 Å². The van der Waals surface area contributed by atoms with Crippen LogP contribution in [0.15, 0.2) is 0 Å². The topological polar surface area (TPSA) is 49.4 Å². The van der Waals surface area contributed by atoms with Crippen LogP contribution < -0.4 is 5.32 Å². The molecule has 0 aromatic carbocycles. The smallest absolute Gasteiger partial charge is 0.211 e. The van der Waals surface area contributed by atoms with Crippen molar-refractivity contribution < 1.29 is 8.42 Å². The summed E-state index contributed by atoms with van der Waals surface area (Å²) in [4.78, 5) is 0. The minimum atomic E-state index is -3.11. The molecule has 0 amide bonds. The molecule has 0 rings (SSSR count). The van der Waals surface area contributed by atoms with E-state index in [0.29, 0.717) is 6.04 Å². The summed E-state index contributed by atoms with van der Waals surface area (Å²) < 4.78 is 24.2. The van der Waals surface area contributed by atoms with Crippen molar-refractivity contribution in [2.24, 2.45) is 0 Å². The van der Waals surface area contributed by atoms with Crippen LogP contribution in [0.5, 0.6) is 0 Å². The van der Waals surface area contributed by atoms with Gasteiger partial charge in [0, 0.05) is 18.6 Å². The fraction of sp³-hybridized carbons (Fsp3) is 1.00. The maximum atomic E-state index is 11.4. The lowest BCUT2D eigenvalue weighted by Crippen LogP contribution is -2.46. The zero-order valence-electron chi connectivity index (χ0n) is 10.7. The number of nitrogens with zero attached hydrogens (tertiary/aromatic N) is 1. The van der Waals surface area contributed by atoms with Crippen LogP contribution in [-0.2, 0) is 10.0 Å². The van der Waals surface area contributed by atoms with Crippen molar-refractivity contribution in [2.45, 2.75) is 45.7 Å². The molecule has 0 aliphatic heterocycles. The Morgan fingerprint density at radius 1 is 1.33 bits per heavy atom. The molecule has 1 N–H and O–H groups in total. The molecule has 0 aliphatic carbocycles. The van der Waals surface area contributed by atoms with Crippen LogP contribution in [-0.4, -0.2) is 44.2 Å². The molecule has 0 unspecified atom stereocenters. The highest BCUT2D eigenvalue weighted by molar-refractivity contribution is 7.88. The first-order valence-corrected chi connectivity index (χ1v) is 7.09. The molecule has 0 radical (unpaired) electrons. The highest BCUT2D eigenvalue weighted by Gasteiger charge is 2.29. The van der Waals surface area contributed by atoms with Gasteiger partial charge in [0.05, 0.1) is 6.26 Å². The van der Waals surface area contributed by atoms with Gasteiger partial charge < -0.3 is 5.32 Å². The molecule has 0 saturated carbocycles. The van der Waals surface area contributed by atoms with Gasteiger partial charge in [0.2, 0.25) is 10.0 Å². The Labute approximate surface area is 94.1 Å². The van der Waals surface area contributed by atoms with E-state index in [-0.39, 0.29) is 5.54 Å². The van der Waals surface area contributed by atoms with Crippen LogP contribution in [0.3, 0.4) is 0 Å². The zero-order chi connectivity index (χ0) is 12.3. The molecule has 0 saturated heterocycles. The molecule has 5 heteroatoms. The Hall–Kier alpha value is -0.130. The van der Waals surface area contributed by atoms with Gasteiger partial charge in [-0.1, -0.05) is 13.8 Å². The lowest BCUT2D eigenvalue weighted by molar-refractivity contribution is 0.245. The first kappa shape index (κ1) is 14.9. The van der Waals surface area contributed by atoms with Crippen LogP contribution in [0.4, 0.5) is 0 Å². The number of rotatable bonds is 6. The fourth-order valence-electron chi connectivity index (χ4n) is 1.27. The van der Waals surface area contributed by atoms with Gasteiger partial charge in [-0.2, -0.15) is 4.31 Å². The van der Waals surface area contributed by atoms with Gasteiger partial charge >= 0.3 is 0 Å². The van der Waals surface area contributed by atoms with E-state index in [4.69, 9.17) is 0 Å². The monoisotopic (exact) mass is 236 g/mol. The molecule has 0 spiro atoms. The van der Waals surface area contributed by atoms with E-state index in [0.717, 1.165) is 13.0 Å². The molecule has 0 atom stereocenters. The third kappa shape index (κ3) is 5.49. The zero-order valence-corrected chi connectivity index (χ0v) is 11.5. The highest BCUT2D eigenvalue weighted by atomic mass is 32.2. The summed E-state index contributed by atoms with van der Waals surface area (Å²) in [6.45, 7) is 8.86. The van der Waals surface area contributed by atoms with Gasteiger partial charge in [-0.05, 0) is 26.8 Å². The Kier molecular flexibility index (Phi) is 5.23. The minimum Gasteiger partial charge on any atom is -0.314 e. The lowest BCUT2D eigenvalue weighted by Gasteiger charge is -2.34. The molecule has 0 aromatic rings. The van der Waals surface area contributed by atoms with E-state index in [1.165, 1.54) is 10.6 Å². The number of sulfonamides is 1. The largest absolute Gasteiger partial charge is 0.314 e. The van der Waals surface area contributed by atoms with E-state index in [9.17, 15) is 8.42 Å². The molecule has 0 bridgehead atoms. The predicted molar refractivity (Wildman–Crippen MR) is 64.4 cm³/mol. The second kappa shape index (κ2) is 5.27. The van der Waals surface area contributed by atoms with Crippen molar-refractivity contribution >= 4 is 10.0 Å². The van der Waals surface area contributed by atoms with Crippen molar-refractivity contribution in [1.82, 2.24) is 9.62 Å². The van der Waals surface area contributed by atoms with Gasteiger partial charge in [-0.25, -0.2) is 8.42 Å². The van der Waals surface area contributed by atoms with Crippen molar-refractivity contribution in [3.63, 3.8) is 0 Å². The molecule has 0 aliphatic rings. The molecular formula is C10H24N2O2S. The third-order valence-corrected chi connectivity index (χ3v) is 4.13. The fourth-order valence-corrected chi connectivity index (χ4v) is 2.26. The maximum Gasteiger partial charge on any atom is 0.211 e. The third-order valence-electron chi connectivity index (χ3n) is 2.64. The van der Waals surface area contributed by atoms with Gasteiger partial charge in [0.25, 0.3) is 0 Å². The van der Waals surface area contributed by atoms with Crippen molar-refractivity contribution in [3.8, 4) is 0 Å². The molecule has 4 nitrogen and oxygen atoms in total. The molecule has 0 heterocycles. The normalized spacial score (nSPS) is 13.9. The van der Waals surface area contributed by atoms with Crippen LogP contribution in [0, 0.1) is 0 Å². The summed E-state index contributed by atoms with van der Waals surface area (Å²) >= 11 is 0. The predicted octanol–water partition coefficient (Wildman–Crippen LogP) is 1.04. The Morgan fingerprint density at radius 3 is 2.13 bits per heavy atom. The second-order valence-electron chi connectivity index (χ2n) is 4.90. The first-order valence-electron chi connectivity index (χ1n) is 5.25.